The van der Waals surface area contributed by atoms with E-state index in [9.17, 15) is 0 Å². The molecule has 110 valence electrons. The molecule has 1 unspecified atom stereocenters. The van der Waals surface area contributed by atoms with Crippen LogP contribution in [-0.2, 0) is 6.42 Å². The second-order valence-electron chi connectivity index (χ2n) is 5.57. The Hall–Kier alpha value is -0.710. The fourth-order valence-electron chi connectivity index (χ4n) is 2.47. The largest absolute Gasteiger partial charge is 0.313 e. The predicted octanol–water partition coefficient (Wildman–Crippen LogP) is 4.68. The first-order valence-corrected chi connectivity index (χ1v) is 8.89. The van der Waals surface area contributed by atoms with Crippen molar-refractivity contribution in [2.75, 3.05) is 6.54 Å². The molecule has 1 saturated carbocycles. The van der Waals surface area contributed by atoms with E-state index in [0.29, 0.717) is 5.92 Å². The molecule has 2 aromatic rings. The molecule has 0 aliphatic heterocycles. The van der Waals surface area contributed by atoms with Gasteiger partial charge >= 0.3 is 0 Å². The molecule has 2 nitrogen and oxygen atoms in total. The van der Waals surface area contributed by atoms with Gasteiger partial charge in [-0.05, 0) is 59.0 Å². The number of pyridine rings is 1. The molecular weight excluding hydrogens is 392 g/mol. The first-order chi connectivity index (χ1) is 10.2. The Labute approximate surface area is 142 Å². The molecule has 0 saturated heterocycles. The van der Waals surface area contributed by atoms with Crippen LogP contribution in [0.2, 0.25) is 0 Å². The van der Waals surface area contributed by atoms with Crippen molar-refractivity contribution < 1.29 is 0 Å². The van der Waals surface area contributed by atoms with Crippen molar-refractivity contribution >= 4 is 31.9 Å². The predicted molar refractivity (Wildman–Crippen MR) is 93.5 cm³/mol. The average Bonchev–Trinajstić information content (AvgIpc) is 3.30. The third-order valence-corrected chi connectivity index (χ3v) is 5.01. The van der Waals surface area contributed by atoms with E-state index >= 15 is 0 Å². The quantitative estimate of drug-likeness (QED) is 0.748. The van der Waals surface area contributed by atoms with Crippen LogP contribution in [0.1, 0.15) is 30.0 Å². The fraction of sp³-hybridized carbons (Fsp3) is 0.353. The van der Waals surface area contributed by atoms with E-state index in [1.165, 1.54) is 22.9 Å². The van der Waals surface area contributed by atoms with Crippen molar-refractivity contribution in [3.8, 4) is 0 Å². The van der Waals surface area contributed by atoms with Gasteiger partial charge in [-0.1, -0.05) is 34.1 Å². The van der Waals surface area contributed by atoms with Crippen molar-refractivity contribution in [3.63, 3.8) is 0 Å². The van der Waals surface area contributed by atoms with E-state index in [2.05, 4.69) is 78.6 Å². The maximum absolute atomic E-state index is 4.53. The summed E-state index contributed by atoms with van der Waals surface area (Å²) < 4.78 is 2.21. The lowest BCUT2D eigenvalue weighted by Crippen LogP contribution is -2.25. The van der Waals surface area contributed by atoms with Gasteiger partial charge in [0, 0.05) is 39.3 Å². The minimum atomic E-state index is 0.440. The molecule has 0 radical (unpaired) electrons. The summed E-state index contributed by atoms with van der Waals surface area (Å²) in [6, 6.07) is 13.4. The molecule has 1 aliphatic rings. The van der Waals surface area contributed by atoms with Crippen LogP contribution in [0.15, 0.2) is 51.5 Å². The topological polar surface area (TPSA) is 24.9 Å². The maximum atomic E-state index is 4.53. The molecule has 21 heavy (non-hydrogen) atoms. The number of rotatable bonds is 6. The Morgan fingerprint density at radius 3 is 2.62 bits per heavy atom. The lowest BCUT2D eigenvalue weighted by molar-refractivity contribution is 0.571. The van der Waals surface area contributed by atoms with Gasteiger partial charge in [0.25, 0.3) is 0 Å². The van der Waals surface area contributed by atoms with Crippen molar-refractivity contribution in [1.82, 2.24) is 10.3 Å². The van der Waals surface area contributed by atoms with Gasteiger partial charge in [0.2, 0.25) is 0 Å². The summed E-state index contributed by atoms with van der Waals surface area (Å²) >= 11 is 7.13. The van der Waals surface area contributed by atoms with Crippen LogP contribution in [0.5, 0.6) is 0 Å². The van der Waals surface area contributed by atoms with Crippen molar-refractivity contribution in [2.45, 2.75) is 31.2 Å². The molecule has 1 atom stereocenters. The second-order valence-corrected chi connectivity index (χ2v) is 7.34. The highest BCUT2D eigenvalue weighted by Crippen LogP contribution is 2.28. The summed E-state index contributed by atoms with van der Waals surface area (Å²) in [6.07, 6.45) is 5.47. The van der Waals surface area contributed by atoms with E-state index in [1.807, 2.05) is 6.20 Å². The van der Waals surface area contributed by atoms with Crippen LogP contribution >= 0.6 is 31.9 Å². The molecule has 0 bridgehead atoms. The Morgan fingerprint density at radius 2 is 1.95 bits per heavy atom. The molecule has 1 fully saturated rings. The van der Waals surface area contributed by atoms with Crippen molar-refractivity contribution in [2.24, 2.45) is 0 Å². The number of nitrogens with zero attached hydrogens (tertiary/aromatic N) is 1. The smallest absolute Gasteiger partial charge is 0.0413 e. The Morgan fingerprint density at radius 1 is 1.14 bits per heavy atom. The van der Waals surface area contributed by atoms with Gasteiger partial charge in [-0.2, -0.15) is 0 Å². The number of hydrogen-bond acceptors (Lipinski definition) is 2. The summed E-state index contributed by atoms with van der Waals surface area (Å²) in [5.41, 5.74) is 2.49. The third kappa shape index (κ3) is 4.38. The third-order valence-electron chi connectivity index (χ3n) is 3.82. The lowest BCUT2D eigenvalue weighted by atomic mass is 9.94. The number of benzene rings is 1. The minimum absolute atomic E-state index is 0.440. The Balaban J connectivity index is 1.77. The van der Waals surface area contributed by atoms with Crippen LogP contribution in [0, 0.1) is 0 Å². The van der Waals surface area contributed by atoms with E-state index in [4.69, 9.17) is 0 Å². The summed E-state index contributed by atoms with van der Waals surface area (Å²) in [6.45, 7) is 1.00. The van der Waals surface area contributed by atoms with E-state index in [0.717, 1.165) is 29.2 Å². The van der Waals surface area contributed by atoms with E-state index in [1.54, 1.807) is 0 Å². The standard InChI is InChI=1S/C17H18Br2N2/c18-13-5-6-15(21-11-13)9-12(10-20-14-7-8-14)16-3-1-2-4-17(16)19/h1-6,11-12,14,20H,7-10H2. The SMILES string of the molecule is Brc1ccc(CC(CNC2CC2)c2ccccc2Br)nc1. The molecule has 3 rings (SSSR count). The molecule has 0 amide bonds. The van der Waals surface area contributed by atoms with Crippen molar-refractivity contribution in [3.05, 3.63) is 62.8 Å². The van der Waals surface area contributed by atoms with E-state index < -0.39 is 0 Å². The van der Waals surface area contributed by atoms with Gasteiger partial charge in [0.05, 0.1) is 0 Å². The molecule has 1 aliphatic carbocycles. The first kappa shape index (κ1) is 15.2. The lowest BCUT2D eigenvalue weighted by Gasteiger charge is -2.19. The monoisotopic (exact) mass is 408 g/mol. The highest BCUT2D eigenvalue weighted by molar-refractivity contribution is 9.10. The number of hydrogen-bond donors (Lipinski definition) is 1. The Bertz CT molecular complexity index is 594. The molecule has 1 aromatic carbocycles. The van der Waals surface area contributed by atoms with Crippen LogP contribution in [0.4, 0.5) is 0 Å². The fourth-order valence-corrected chi connectivity index (χ4v) is 3.32. The number of halogens is 2. The molecule has 1 aromatic heterocycles. The molecule has 0 spiro atoms. The van der Waals surface area contributed by atoms with Crippen LogP contribution in [-0.4, -0.2) is 17.6 Å². The summed E-state index contributed by atoms with van der Waals surface area (Å²) in [7, 11) is 0. The normalized spacial score (nSPS) is 15.9. The van der Waals surface area contributed by atoms with Crippen LogP contribution < -0.4 is 5.32 Å². The van der Waals surface area contributed by atoms with E-state index in [-0.39, 0.29) is 0 Å². The van der Waals surface area contributed by atoms with Gasteiger partial charge < -0.3 is 5.32 Å². The first-order valence-electron chi connectivity index (χ1n) is 7.30. The summed E-state index contributed by atoms with van der Waals surface area (Å²) in [4.78, 5) is 4.53. The number of nitrogens with one attached hydrogen (secondary N) is 1. The van der Waals surface area contributed by atoms with Gasteiger partial charge in [-0.15, -0.1) is 0 Å². The maximum Gasteiger partial charge on any atom is 0.0413 e. The van der Waals surface area contributed by atoms with Gasteiger partial charge in [-0.25, -0.2) is 0 Å². The number of aromatic nitrogens is 1. The second kappa shape index (κ2) is 7.03. The molecule has 4 heteroatoms. The van der Waals surface area contributed by atoms with Gasteiger partial charge in [0.1, 0.15) is 0 Å². The zero-order chi connectivity index (χ0) is 14.7. The molecule has 1 N–H and O–H groups in total. The summed E-state index contributed by atoms with van der Waals surface area (Å²) in [5, 5.41) is 3.66. The minimum Gasteiger partial charge on any atom is -0.313 e. The van der Waals surface area contributed by atoms with Crippen molar-refractivity contribution in [1.29, 1.82) is 0 Å². The average molecular weight is 410 g/mol. The zero-order valence-corrected chi connectivity index (χ0v) is 14.9. The zero-order valence-electron chi connectivity index (χ0n) is 11.7. The van der Waals surface area contributed by atoms with Gasteiger partial charge in [0.15, 0.2) is 0 Å². The molecule has 1 heterocycles. The molecular formula is C17H18Br2N2. The summed E-state index contributed by atoms with van der Waals surface area (Å²) in [5.74, 6) is 0.440. The highest BCUT2D eigenvalue weighted by atomic mass is 79.9. The highest BCUT2D eigenvalue weighted by Gasteiger charge is 2.23. The Kier molecular flexibility index (Phi) is 5.09. The van der Waals surface area contributed by atoms with Gasteiger partial charge in [-0.3, -0.25) is 4.98 Å². The van der Waals surface area contributed by atoms with Crippen LogP contribution in [0.3, 0.4) is 0 Å². The van der Waals surface area contributed by atoms with Crippen LogP contribution in [0.25, 0.3) is 0 Å².